The maximum atomic E-state index is 14.6. The van der Waals surface area contributed by atoms with Gasteiger partial charge in [0.05, 0.1) is 19.3 Å². The van der Waals surface area contributed by atoms with Crippen molar-refractivity contribution in [2.24, 2.45) is 0 Å². The van der Waals surface area contributed by atoms with E-state index < -0.39 is 176 Å². The number of hydrogen-bond donors (Lipinski definition) is 14. The number of rotatable bonds is 14. The topological polar surface area (TPSA) is 414 Å². The molecule has 19 atom stereocenters. The minimum absolute atomic E-state index is 0.0249. The SMILES string of the molecule is C[C@@H]1O[C@@H](Oc2c(-c3ccc(O)cc3)oc3cc(O)cc(O)c3c2=O)[C@H](O[C@@H]2O[C@H](CO)[C@@H](O)[C@H](O)[C@H]2O)[C@H](O[C@@H]2O[C@H](COC(=O)C=Cc3ccc(O)cc3)[C@@H](O)[C@H](O)[C@H]2O)[C@H]1O[C@@H]1OC[C@@H](O)[C@H](O)[C@H]1O. The third-order valence-corrected chi connectivity index (χ3v) is 12.5. The number of esters is 1. The molecular formula is C47H54O26. The van der Waals surface area contributed by atoms with Gasteiger partial charge in [-0.3, -0.25) is 4.79 Å². The summed E-state index contributed by atoms with van der Waals surface area (Å²) in [5.41, 5.74) is -0.910. The lowest BCUT2D eigenvalue weighted by Gasteiger charge is -2.50. The van der Waals surface area contributed by atoms with Crippen LogP contribution in [0, 0.1) is 0 Å². The Kier molecular flexibility index (Phi) is 16.5. The van der Waals surface area contributed by atoms with Gasteiger partial charge in [-0.1, -0.05) is 12.1 Å². The summed E-state index contributed by atoms with van der Waals surface area (Å²) in [5.74, 6) is -3.65. The number of aliphatic hydroxyl groups excluding tert-OH is 10. The molecule has 0 saturated carbocycles. The second-order valence-electron chi connectivity index (χ2n) is 17.6. The van der Waals surface area contributed by atoms with Gasteiger partial charge in [0.15, 0.2) is 30.7 Å². The molecule has 0 amide bonds. The van der Waals surface area contributed by atoms with Crippen molar-refractivity contribution >= 4 is 23.0 Å². The average molecular weight is 1030 g/mol. The third-order valence-electron chi connectivity index (χ3n) is 12.5. The Hall–Kier alpha value is -5.60. The van der Waals surface area contributed by atoms with Gasteiger partial charge >= 0.3 is 5.97 Å². The maximum Gasteiger partial charge on any atom is 0.330 e. The zero-order valence-electron chi connectivity index (χ0n) is 38.2. The highest BCUT2D eigenvalue weighted by molar-refractivity contribution is 5.88. The highest BCUT2D eigenvalue weighted by Gasteiger charge is 2.57. The molecule has 73 heavy (non-hydrogen) atoms. The fraction of sp³-hybridized carbons (Fsp3) is 0.489. The van der Waals surface area contributed by atoms with Crippen LogP contribution in [0.5, 0.6) is 28.7 Å². The predicted octanol–water partition coefficient (Wildman–Crippen LogP) is -3.14. The van der Waals surface area contributed by atoms with Gasteiger partial charge in [-0.05, 0) is 55.0 Å². The number of ether oxygens (including phenoxy) is 9. The van der Waals surface area contributed by atoms with E-state index in [-0.39, 0.29) is 22.6 Å². The fourth-order valence-electron chi connectivity index (χ4n) is 8.52. The smallest absolute Gasteiger partial charge is 0.330 e. The van der Waals surface area contributed by atoms with Gasteiger partial charge in [-0.2, -0.15) is 0 Å². The predicted molar refractivity (Wildman–Crippen MR) is 239 cm³/mol. The number of benzene rings is 3. The van der Waals surface area contributed by atoms with E-state index in [1.165, 1.54) is 61.5 Å². The normalized spacial score (nSPS) is 36.0. The lowest BCUT2D eigenvalue weighted by molar-refractivity contribution is -0.396. The molecule has 4 aromatic rings. The lowest BCUT2D eigenvalue weighted by atomic mass is 9.95. The third kappa shape index (κ3) is 11.4. The van der Waals surface area contributed by atoms with Gasteiger partial charge in [0.1, 0.15) is 120 Å². The molecule has 4 fully saturated rings. The van der Waals surface area contributed by atoms with Crippen LogP contribution in [0.3, 0.4) is 0 Å². The van der Waals surface area contributed by atoms with Crippen LogP contribution in [-0.2, 0) is 42.7 Å². The Balaban J connectivity index is 1.20. The van der Waals surface area contributed by atoms with Crippen molar-refractivity contribution in [1.29, 1.82) is 0 Å². The molecule has 0 radical (unpaired) electrons. The molecule has 0 spiro atoms. The number of phenols is 4. The van der Waals surface area contributed by atoms with Crippen molar-refractivity contribution in [3.05, 3.63) is 82.5 Å². The highest BCUT2D eigenvalue weighted by Crippen LogP contribution is 2.41. The molecule has 26 heteroatoms. The molecule has 8 rings (SSSR count). The lowest BCUT2D eigenvalue weighted by Crippen LogP contribution is -2.68. The van der Waals surface area contributed by atoms with Gasteiger partial charge in [-0.15, -0.1) is 0 Å². The van der Waals surface area contributed by atoms with Crippen LogP contribution in [0.2, 0.25) is 0 Å². The molecule has 4 aliphatic heterocycles. The van der Waals surface area contributed by atoms with Crippen LogP contribution < -0.4 is 10.2 Å². The van der Waals surface area contributed by atoms with Crippen molar-refractivity contribution in [1.82, 2.24) is 0 Å². The molecule has 1 aromatic heterocycles. The van der Waals surface area contributed by atoms with Gasteiger partial charge in [0.2, 0.25) is 17.5 Å². The van der Waals surface area contributed by atoms with Crippen molar-refractivity contribution in [3.8, 4) is 40.1 Å². The first-order valence-corrected chi connectivity index (χ1v) is 22.6. The van der Waals surface area contributed by atoms with Crippen LogP contribution in [-0.4, -0.2) is 214 Å². The van der Waals surface area contributed by atoms with E-state index in [2.05, 4.69) is 0 Å². The monoisotopic (exact) mass is 1030 g/mol. The van der Waals surface area contributed by atoms with Crippen molar-refractivity contribution in [2.45, 2.75) is 124 Å². The zero-order valence-corrected chi connectivity index (χ0v) is 38.2. The summed E-state index contributed by atoms with van der Waals surface area (Å²) >= 11 is 0. The van der Waals surface area contributed by atoms with Crippen LogP contribution in [0.4, 0.5) is 0 Å². The minimum atomic E-state index is -2.19. The van der Waals surface area contributed by atoms with E-state index in [0.29, 0.717) is 5.56 Å². The Morgan fingerprint density at radius 1 is 0.644 bits per heavy atom. The first kappa shape index (κ1) is 53.7. The molecule has 4 saturated heterocycles. The fourth-order valence-corrected chi connectivity index (χ4v) is 8.52. The Morgan fingerprint density at radius 2 is 1.22 bits per heavy atom. The molecule has 0 aliphatic carbocycles. The van der Waals surface area contributed by atoms with Crippen molar-refractivity contribution < 1.29 is 123 Å². The second kappa shape index (κ2) is 22.5. The summed E-state index contributed by atoms with van der Waals surface area (Å²) in [6, 6.07) is 12.7. The number of carbonyl (C=O) groups excluding carboxylic acids is 1. The van der Waals surface area contributed by atoms with E-state index >= 15 is 0 Å². The van der Waals surface area contributed by atoms with Gasteiger partial charge in [-0.25, -0.2) is 4.79 Å². The van der Waals surface area contributed by atoms with E-state index in [0.717, 1.165) is 18.2 Å². The summed E-state index contributed by atoms with van der Waals surface area (Å²) in [5, 5.41) is 149. The summed E-state index contributed by atoms with van der Waals surface area (Å²) in [4.78, 5) is 27.4. The first-order chi connectivity index (χ1) is 34.7. The molecule has 4 aliphatic rings. The summed E-state index contributed by atoms with van der Waals surface area (Å²) in [6.07, 6.45) is -34.2. The number of fused-ring (bicyclic) bond motifs is 1. The van der Waals surface area contributed by atoms with Crippen LogP contribution in [0.25, 0.3) is 28.4 Å². The van der Waals surface area contributed by atoms with Gasteiger partial charge in [0, 0.05) is 23.8 Å². The summed E-state index contributed by atoms with van der Waals surface area (Å²) in [7, 11) is 0. The summed E-state index contributed by atoms with van der Waals surface area (Å²) in [6.45, 7) is -0.998. The quantitative estimate of drug-likeness (QED) is 0.0438. The van der Waals surface area contributed by atoms with Crippen molar-refractivity contribution in [3.63, 3.8) is 0 Å². The van der Waals surface area contributed by atoms with Crippen LogP contribution >= 0.6 is 0 Å². The standard InChI is InChI=1S/C47H54O26/c1-17-39(70-44-36(61)30(55)24(53)15-65-44)42(72-46-38(63)35(60)32(57)27(69-46)16-64-28(54)11-4-18-2-7-20(49)8-3-18)43(73-45-37(62)34(59)31(56)26(14-48)68-45)47(66-17)71-41-33(58)29-23(52)12-22(51)13-25(29)67-40(41)19-5-9-21(50)10-6-19/h2-13,17,24,26-27,30-32,34-39,42-53,55-57,59-63H,14-16H2,1H3/t17-,24+,26+,27+,30-,31+,32+,34-,35-,36+,37+,38+,39-,42+,43+,44-,45-,46-,47-/m0/s1. The van der Waals surface area contributed by atoms with E-state index in [4.69, 9.17) is 47.0 Å². The number of aromatic hydroxyl groups is 4. The van der Waals surface area contributed by atoms with Crippen LogP contribution in [0.1, 0.15) is 12.5 Å². The van der Waals surface area contributed by atoms with Gasteiger partial charge < -0.3 is 119 Å². The maximum absolute atomic E-state index is 14.6. The molecule has 14 N–H and O–H groups in total. The average Bonchev–Trinajstić information content (AvgIpc) is 3.36. The minimum Gasteiger partial charge on any atom is -0.508 e. The second-order valence-corrected chi connectivity index (χ2v) is 17.6. The van der Waals surface area contributed by atoms with E-state index in [1.807, 2.05) is 0 Å². The van der Waals surface area contributed by atoms with E-state index in [1.54, 1.807) is 0 Å². The number of hydrogen-bond acceptors (Lipinski definition) is 26. The zero-order chi connectivity index (χ0) is 52.6. The van der Waals surface area contributed by atoms with Crippen molar-refractivity contribution in [2.75, 3.05) is 19.8 Å². The molecule has 0 bridgehead atoms. The Bertz CT molecular complexity index is 2610. The molecule has 0 unspecified atom stereocenters. The summed E-state index contributed by atoms with van der Waals surface area (Å²) < 4.78 is 59.8. The van der Waals surface area contributed by atoms with Crippen LogP contribution in [0.15, 0.2) is 76.0 Å². The molecule has 3 aromatic carbocycles. The molecular weight excluding hydrogens is 980 g/mol. The number of aliphatic hydroxyl groups is 10. The number of carbonyl (C=O) groups is 1. The Morgan fingerprint density at radius 3 is 1.86 bits per heavy atom. The molecule has 26 nitrogen and oxygen atoms in total. The Labute approximate surface area is 411 Å². The number of phenolic OH excluding ortho intramolecular Hbond substituents is 4. The van der Waals surface area contributed by atoms with E-state index in [9.17, 15) is 81.1 Å². The van der Waals surface area contributed by atoms with Gasteiger partial charge in [0.25, 0.3) is 0 Å². The first-order valence-electron chi connectivity index (χ1n) is 22.6. The largest absolute Gasteiger partial charge is 0.508 e. The highest BCUT2D eigenvalue weighted by atomic mass is 16.8. The molecule has 398 valence electrons. The molecule has 5 heterocycles.